The maximum Gasteiger partial charge on any atom is 0.251 e. The van der Waals surface area contributed by atoms with E-state index < -0.39 is 0 Å². The second-order valence-corrected chi connectivity index (χ2v) is 3.61. The maximum absolute atomic E-state index is 11.7. The van der Waals surface area contributed by atoms with Crippen LogP contribution < -0.4 is 5.32 Å². The van der Waals surface area contributed by atoms with Gasteiger partial charge in [-0.25, -0.2) is 4.68 Å². The summed E-state index contributed by atoms with van der Waals surface area (Å²) in [6.45, 7) is 6.77. The molecule has 0 aliphatic carbocycles. The van der Waals surface area contributed by atoms with Crippen LogP contribution in [0.2, 0.25) is 0 Å². The van der Waals surface area contributed by atoms with Gasteiger partial charge in [0.25, 0.3) is 5.91 Å². The molecule has 0 atom stereocenters. The molecular formula is C12H14N4O. The average Bonchev–Trinajstić information content (AvgIpc) is 2.77. The Morgan fingerprint density at radius 1 is 1.59 bits per heavy atom. The van der Waals surface area contributed by atoms with Crippen molar-refractivity contribution in [2.24, 2.45) is 0 Å². The molecule has 17 heavy (non-hydrogen) atoms. The zero-order valence-corrected chi connectivity index (χ0v) is 9.68. The number of nitrogens with zero attached hydrogens (tertiary/aromatic N) is 3. The van der Waals surface area contributed by atoms with Crippen molar-refractivity contribution in [3.8, 4) is 0 Å². The van der Waals surface area contributed by atoms with E-state index in [0.29, 0.717) is 12.1 Å². The quantitative estimate of drug-likeness (QED) is 0.807. The van der Waals surface area contributed by atoms with Gasteiger partial charge in [-0.2, -0.15) is 0 Å². The van der Waals surface area contributed by atoms with E-state index in [9.17, 15) is 4.79 Å². The summed E-state index contributed by atoms with van der Waals surface area (Å²) in [6, 6.07) is 5.38. The molecule has 0 spiro atoms. The van der Waals surface area contributed by atoms with Crippen molar-refractivity contribution >= 4 is 16.9 Å². The number of aromatic nitrogens is 3. The van der Waals surface area contributed by atoms with E-state index in [4.69, 9.17) is 0 Å². The van der Waals surface area contributed by atoms with Gasteiger partial charge in [0.05, 0.1) is 5.52 Å². The molecular weight excluding hydrogens is 216 g/mol. The summed E-state index contributed by atoms with van der Waals surface area (Å²) in [6.07, 6.45) is 1.64. The molecule has 1 amide bonds. The summed E-state index contributed by atoms with van der Waals surface area (Å²) in [7, 11) is 0. The fourth-order valence-electron chi connectivity index (χ4n) is 1.61. The number of hydrogen-bond acceptors (Lipinski definition) is 3. The maximum atomic E-state index is 11.7. The summed E-state index contributed by atoms with van der Waals surface area (Å²) in [4.78, 5) is 11.7. The van der Waals surface area contributed by atoms with Gasteiger partial charge in [0.2, 0.25) is 0 Å². The largest absolute Gasteiger partial charge is 0.349 e. The van der Waals surface area contributed by atoms with E-state index in [-0.39, 0.29) is 5.91 Å². The van der Waals surface area contributed by atoms with Crippen molar-refractivity contribution in [1.82, 2.24) is 20.3 Å². The van der Waals surface area contributed by atoms with Crippen molar-refractivity contribution in [2.75, 3.05) is 6.54 Å². The Hall–Kier alpha value is -2.17. The lowest BCUT2D eigenvalue weighted by Crippen LogP contribution is -2.23. The molecule has 1 aromatic heterocycles. The number of hydrogen-bond donors (Lipinski definition) is 1. The van der Waals surface area contributed by atoms with Gasteiger partial charge in [-0.15, -0.1) is 11.7 Å². The number of nitrogens with one attached hydrogen (secondary N) is 1. The molecule has 5 heteroatoms. The normalized spacial score (nSPS) is 10.4. The van der Waals surface area contributed by atoms with E-state index >= 15 is 0 Å². The summed E-state index contributed by atoms with van der Waals surface area (Å²) >= 11 is 0. The minimum absolute atomic E-state index is 0.127. The predicted octanol–water partition coefficient (Wildman–Crippen LogP) is 1.37. The number of benzene rings is 1. The smallest absolute Gasteiger partial charge is 0.251 e. The van der Waals surface area contributed by atoms with E-state index in [2.05, 4.69) is 22.2 Å². The molecule has 2 rings (SSSR count). The Balaban J connectivity index is 2.31. The Labute approximate surface area is 99.1 Å². The highest BCUT2D eigenvalue weighted by atomic mass is 16.1. The Morgan fingerprint density at radius 2 is 2.41 bits per heavy atom. The lowest BCUT2D eigenvalue weighted by Gasteiger charge is -2.02. The molecule has 1 heterocycles. The zero-order valence-electron chi connectivity index (χ0n) is 9.68. The monoisotopic (exact) mass is 230 g/mol. The van der Waals surface area contributed by atoms with Crippen LogP contribution in [0.3, 0.4) is 0 Å². The topological polar surface area (TPSA) is 59.8 Å². The Kier molecular flexibility index (Phi) is 3.18. The molecule has 1 aromatic carbocycles. The minimum atomic E-state index is -0.127. The number of carbonyl (C=O) groups is 1. The molecule has 0 aliphatic heterocycles. The molecule has 0 unspecified atom stereocenters. The third-order valence-corrected chi connectivity index (χ3v) is 2.48. The molecule has 0 fully saturated rings. The summed E-state index contributed by atoms with van der Waals surface area (Å²) in [5.74, 6) is -0.127. The predicted molar refractivity (Wildman–Crippen MR) is 65.7 cm³/mol. The van der Waals surface area contributed by atoms with Crippen LogP contribution in [0, 0.1) is 0 Å². The highest BCUT2D eigenvalue weighted by Gasteiger charge is 2.08. The highest BCUT2D eigenvalue weighted by Crippen LogP contribution is 2.13. The second kappa shape index (κ2) is 4.78. The van der Waals surface area contributed by atoms with Gasteiger partial charge < -0.3 is 5.32 Å². The highest BCUT2D eigenvalue weighted by molar-refractivity contribution is 5.97. The molecule has 1 N–H and O–H groups in total. The fourth-order valence-corrected chi connectivity index (χ4v) is 1.61. The number of amides is 1. The first-order valence-electron chi connectivity index (χ1n) is 5.48. The first-order chi connectivity index (χ1) is 8.26. The van der Waals surface area contributed by atoms with Gasteiger partial charge in [-0.3, -0.25) is 4.79 Å². The van der Waals surface area contributed by atoms with Crippen LogP contribution in [0.15, 0.2) is 30.9 Å². The SMILES string of the molecule is C=CCNC(=O)c1ccc2c(c1)nnn2CC. The van der Waals surface area contributed by atoms with Crippen LogP contribution in [0.5, 0.6) is 0 Å². The number of carbonyl (C=O) groups excluding carboxylic acids is 1. The lowest BCUT2D eigenvalue weighted by molar-refractivity contribution is 0.0958. The van der Waals surface area contributed by atoms with Crippen LogP contribution in [0.4, 0.5) is 0 Å². The molecule has 0 bridgehead atoms. The molecule has 0 aliphatic rings. The van der Waals surface area contributed by atoms with Crippen molar-refractivity contribution in [2.45, 2.75) is 13.5 Å². The van der Waals surface area contributed by atoms with Crippen LogP contribution in [0.1, 0.15) is 17.3 Å². The van der Waals surface area contributed by atoms with Gasteiger partial charge in [0.1, 0.15) is 5.52 Å². The molecule has 5 nitrogen and oxygen atoms in total. The lowest BCUT2D eigenvalue weighted by atomic mass is 10.2. The van der Waals surface area contributed by atoms with E-state index in [0.717, 1.165) is 17.6 Å². The Bertz CT molecular complexity index is 559. The minimum Gasteiger partial charge on any atom is -0.349 e. The van der Waals surface area contributed by atoms with Crippen LogP contribution in [-0.2, 0) is 6.54 Å². The van der Waals surface area contributed by atoms with Gasteiger partial charge >= 0.3 is 0 Å². The third-order valence-electron chi connectivity index (χ3n) is 2.48. The van der Waals surface area contributed by atoms with Crippen molar-refractivity contribution in [1.29, 1.82) is 0 Å². The van der Waals surface area contributed by atoms with Gasteiger partial charge in [0, 0.05) is 18.7 Å². The molecule has 0 saturated heterocycles. The van der Waals surface area contributed by atoms with Crippen LogP contribution in [0.25, 0.3) is 11.0 Å². The van der Waals surface area contributed by atoms with E-state index in [1.807, 2.05) is 13.0 Å². The third kappa shape index (κ3) is 2.18. The number of rotatable bonds is 4. The number of fused-ring (bicyclic) bond motifs is 1. The molecule has 2 aromatic rings. The first kappa shape index (κ1) is 11.3. The summed E-state index contributed by atoms with van der Waals surface area (Å²) < 4.78 is 1.79. The van der Waals surface area contributed by atoms with Crippen molar-refractivity contribution in [3.05, 3.63) is 36.4 Å². The van der Waals surface area contributed by atoms with Crippen LogP contribution >= 0.6 is 0 Å². The van der Waals surface area contributed by atoms with Gasteiger partial charge in [-0.05, 0) is 25.1 Å². The first-order valence-corrected chi connectivity index (χ1v) is 5.48. The molecule has 0 saturated carbocycles. The molecule has 88 valence electrons. The standard InChI is InChI=1S/C12H14N4O/c1-3-7-13-12(17)9-5-6-11-10(8-9)14-15-16(11)4-2/h3,5-6,8H,1,4,7H2,2H3,(H,13,17). The average molecular weight is 230 g/mol. The van der Waals surface area contributed by atoms with Crippen molar-refractivity contribution in [3.63, 3.8) is 0 Å². The van der Waals surface area contributed by atoms with Crippen LogP contribution in [-0.4, -0.2) is 27.4 Å². The Morgan fingerprint density at radius 3 is 3.12 bits per heavy atom. The van der Waals surface area contributed by atoms with Gasteiger partial charge in [0.15, 0.2) is 0 Å². The van der Waals surface area contributed by atoms with E-state index in [1.54, 1.807) is 22.9 Å². The summed E-state index contributed by atoms with van der Waals surface area (Å²) in [5.41, 5.74) is 2.26. The molecule has 0 radical (unpaired) electrons. The summed E-state index contributed by atoms with van der Waals surface area (Å²) in [5, 5.41) is 10.7. The fraction of sp³-hybridized carbons (Fsp3) is 0.250. The van der Waals surface area contributed by atoms with Gasteiger partial charge in [-0.1, -0.05) is 11.3 Å². The van der Waals surface area contributed by atoms with Crippen molar-refractivity contribution < 1.29 is 4.79 Å². The van der Waals surface area contributed by atoms with E-state index in [1.165, 1.54) is 0 Å². The zero-order chi connectivity index (χ0) is 12.3. The second-order valence-electron chi connectivity index (χ2n) is 3.61. The number of aryl methyl sites for hydroxylation is 1.